The fourth-order valence-corrected chi connectivity index (χ4v) is 1.84. The Morgan fingerprint density at radius 3 is 2.62 bits per heavy atom. The van der Waals surface area contributed by atoms with E-state index in [1.165, 1.54) is 0 Å². The minimum absolute atomic E-state index is 0.0444. The van der Waals surface area contributed by atoms with Crippen molar-refractivity contribution in [2.75, 3.05) is 26.7 Å². The molecule has 5 heteroatoms. The monoisotopic (exact) mass is 288 g/mol. The zero-order valence-corrected chi connectivity index (χ0v) is 12.8. The molecule has 1 aromatic carbocycles. The first kappa shape index (κ1) is 16.8. The van der Waals surface area contributed by atoms with Crippen LogP contribution >= 0.6 is 0 Å². The lowest BCUT2D eigenvalue weighted by Crippen LogP contribution is -2.44. The van der Waals surface area contributed by atoms with Gasteiger partial charge in [-0.3, -0.25) is 9.79 Å². The van der Waals surface area contributed by atoms with Gasteiger partial charge in [0.1, 0.15) is 0 Å². The first-order valence-electron chi connectivity index (χ1n) is 7.08. The third-order valence-corrected chi connectivity index (χ3v) is 3.00. The Kier molecular flexibility index (Phi) is 7.64. The molecular weight excluding hydrogens is 264 g/mol. The lowest BCUT2D eigenvalue weighted by Gasteiger charge is -2.22. The maximum absolute atomic E-state index is 12.2. The van der Waals surface area contributed by atoms with E-state index in [-0.39, 0.29) is 12.5 Å². The number of benzene rings is 1. The van der Waals surface area contributed by atoms with Crippen LogP contribution in [0.25, 0.3) is 0 Å². The van der Waals surface area contributed by atoms with Crippen molar-refractivity contribution in [2.24, 2.45) is 4.99 Å². The van der Waals surface area contributed by atoms with Crippen molar-refractivity contribution in [3.63, 3.8) is 0 Å². The highest BCUT2D eigenvalue weighted by Gasteiger charge is 2.12. The zero-order chi connectivity index (χ0) is 15.5. The quantitative estimate of drug-likeness (QED) is 0.453. The molecule has 1 rings (SSSR count). The second kappa shape index (κ2) is 9.58. The van der Waals surface area contributed by atoms with Crippen LogP contribution in [0.1, 0.15) is 12.5 Å². The predicted molar refractivity (Wildman–Crippen MR) is 87.1 cm³/mol. The van der Waals surface area contributed by atoms with Crippen LogP contribution in [-0.2, 0) is 11.3 Å². The van der Waals surface area contributed by atoms with E-state index in [1.807, 2.05) is 42.2 Å². The van der Waals surface area contributed by atoms with E-state index in [0.717, 1.165) is 5.56 Å². The van der Waals surface area contributed by atoms with Gasteiger partial charge in [0, 0.05) is 26.7 Å². The van der Waals surface area contributed by atoms with Crippen LogP contribution in [0, 0.1) is 0 Å². The summed E-state index contributed by atoms with van der Waals surface area (Å²) in [4.78, 5) is 18.1. The van der Waals surface area contributed by atoms with Crippen molar-refractivity contribution in [3.8, 4) is 0 Å². The van der Waals surface area contributed by atoms with Crippen LogP contribution in [0.3, 0.4) is 0 Å². The van der Waals surface area contributed by atoms with Gasteiger partial charge in [-0.05, 0) is 12.5 Å². The average Bonchev–Trinajstić information content (AvgIpc) is 2.53. The van der Waals surface area contributed by atoms with E-state index in [2.05, 4.69) is 22.2 Å². The fraction of sp³-hybridized carbons (Fsp3) is 0.375. The van der Waals surface area contributed by atoms with Crippen LogP contribution < -0.4 is 10.6 Å². The van der Waals surface area contributed by atoms with Crippen LogP contribution in [0.2, 0.25) is 0 Å². The molecular formula is C16H24N4O. The summed E-state index contributed by atoms with van der Waals surface area (Å²) < 4.78 is 0. The Bertz CT molecular complexity index is 470. The fourth-order valence-electron chi connectivity index (χ4n) is 1.84. The topological polar surface area (TPSA) is 56.7 Å². The Morgan fingerprint density at radius 2 is 2.05 bits per heavy atom. The number of rotatable bonds is 7. The third kappa shape index (κ3) is 6.12. The summed E-state index contributed by atoms with van der Waals surface area (Å²) in [5.41, 5.74) is 1.13. The molecule has 0 unspecified atom stereocenters. The molecule has 1 aromatic rings. The van der Waals surface area contributed by atoms with Crippen molar-refractivity contribution in [1.29, 1.82) is 0 Å². The van der Waals surface area contributed by atoms with E-state index in [4.69, 9.17) is 0 Å². The normalized spacial score (nSPS) is 10.9. The SMILES string of the molecule is C=CCNC(=NC)NCC(=O)N(CC)Cc1ccccc1. The molecule has 0 radical (unpaired) electrons. The average molecular weight is 288 g/mol. The van der Waals surface area contributed by atoms with E-state index in [0.29, 0.717) is 25.6 Å². The third-order valence-electron chi connectivity index (χ3n) is 3.00. The summed E-state index contributed by atoms with van der Waals surface area (Å²) >= 11 is 0. The molecule has 0 aromatic heterocycles. The minimum atomic E-state index is 0.0444. The van der Waals surface area contributed by atoms with Crippen molar-refractivity contribution >= 4 is 11.9 Å². The zero-order valence-electron chi connectivity index (χ0n) is 12.8. The number of guanidine groups is 1. The number of likely N-dealkylation sites (N-methyl/N-ethyl adjacent to an activating group) is 1. The van der Waals surface area contributed by atoms with E-state index < -0.39 is 0 Å². The van der Waals surface area contributed by atoms with Gasteiger partial charge in [-0.25, -0.2) is 0 Å². The van der Waals surface area contributed by atoms with E-state index >= 15 is 0 Å². The van der Waals surface area contributed by atoms with Gasteiger partial charge in [0.05, 0.1) is 6.54 Å². The number of hydrogen-bond donors (Lipinski definition) is 2. The number of nitrogens with one attached hydrogen (secondary N) is 2. The smallest absolute Gasteiger partial charge is 0.242 e. The summed E-state index contributed by atoms with van der Waals surface area (Å²) in [7, 11) is 1.67. The number of aliphatic imine (C=N–C) groups is 1. The summed E-state index contributed by atoms with van der Waals surface area (Å²) in [6.45, 7) is 7.73. The molecule has 0 heterocycles. The van der Waals surface area contributed by atoms with Crippen LogP contribution in [0.5, 0.6) is 0 Å². The summed E-state index contributed by atoms with van der Waals surface area (Å²) in [6.07, 6.45) is 1.74. The number of carbonyl (C=O) groups excluding carboxylic acids is 1. The lowest BCUT2D eigenvalue weighted by atomic mass is 10.2. The van der Waals surface area contributed by atoms with Gasteiger partial charge in [-0.15, -0.1) is 6.58 Å². The number of amides is 1. The van der Waals surface area contributed by atoms with Crippen LogP contribution in [0.15, 0.2) is 48.0 Å². The van der Waals surface area contributed by atoms with Gasteiger partial charge in [-0.1, -0.05) is 36.4 Å². The summed E-state index contributed by atoms with van der Waals surface area (Å²) in [5, 5.41) is 6.04. The van der Waals surface area contributed by atoms with Crippen LogP contribution in [0.4, 0.5) is 0 Å². The van der Waals surface area contributed by atoms with Gasteiger partial charge >= 0.3 is 0 Å². The van der Waals surface area contributed by atoms with Crippen molar-refractivity contribution in [3.05, 3.63) is 48.6 Å². The number of nitrogens with zero attached hydrogens (tertiary/aromatic N) is 2. The molecule has 0 aliphatic rings. The molecule has 0 atom stereocenters. The first-order valence-corrected chi connectivity index (χ1v) is 7.08. The highest BCUT2D eigenvalue weighted by Crippen LogP contribution is 2.04. The largest absolute Gasteiger partial charge is 0.353 e. The molecule has 0 bridgehead atoms. The Labute approximate surface area is 126 Å². The maximum Gasteiger partial charge on any atom is 0.242 e. The predicted octanol–water partition coefficient (Wildman–Crippen LogP) is 1.39. The summed E-state index contributed by atoms with van der Waals surface area (Å²) in [5.74, 6) is 0.641. The molecule has 0 fully saturated rings. The minimum Gasteiger partial charge on any atom is -0.353 e. The molecule has 1 amide bonds. The second-order valence-corrected chi connectivity index (χ2v) is 4.49. The highest BCUT2D eigenvalue weighted by molar-refractivity contribution is 5.86. The van der Waals surface area contributed by atoms with Gasteiger partial charge in [0.2, 0.25) is 5.91 Å². The van der Waals surface area contributed by atoms with Crippen molar-refractivity contribution in [2.45, 2.75) is 13.5 Å². The first-order chi connectivity index (χ1) is 10.2. The molecule has 0 aliphatic carbocycles. The molecule has 5 nitrogen and oxygen atoms in total. The van der Waals surface area contributed by atoms with Crippen LogP contribution in [-0.4, -0.2) is 43.4 Å². The van der Waals surface area contributed by atoms with Gasteiger partial charge in [0.15, 0.2) is 5.96 Å². The van der Waals surface area contributed by atoms with Crippen molar-refractivity contribution in [1.82, 2.24) is 15.5 Å². The Hall–Kier alpha value is -2.30. The molecule has 2 N–H and O–H groups in total. The van der Waals surface area contributed by atoms with E-state index in [9.17, 15) is 4.79 Å². The Balaban J connectivity index is 2.49. The second-order valence-electron chi connectivity index (χ2n) is 4.49. The highest BCUT2D eigenvalue weighted by atomic mass is 16.2. The maximum atomic E-state index is 12.2. The molecule has 0 aliphatic heterocycles. The van der Waals surface area contributed by atoms with E-state index in [1.54, 1.807) is 13.1 Å². The standard InChI is InChI=1S/C16H24N4O/c1-4-11-18-16(17-3)19-12-15(21)20(5-2)13-14-9-7-6-8-10-14/h4,6-10H,1,5,11-13H2,2-3H3,(H2,17,18,19). The Morgan fingerprint density at radius 1 is 1.33 bits per heavy atom. The van der Waals surface area contributed by atoms with Crippen molar-refractivity contribution < 1.29 is 4.79 Å². The van der Waals surface area contributed by atoms with Gasteiger partial charge in [0.25, 0.3) is 0 Å². The lowest BCUT2D eigenvalue weighted by molar-refractivity contribution is -0.130. The molecule has 114 valence electrons. The molecule has 0 saturated carbocycles. The molecule has 0 spiro atoms. The van der Waals surface area contributed by atoms with Gasteiger partial charge in [-0.2, -0.15) is 0 Å². The summed E-state index contributed by atoms with van der Waals surface area (Å²) in [6, 6.07) is 9.97. The number of hydrogen-bond acceptors (Lipinski definition) is 2. The molecule has 0 saturated heterocycles. The molecule has 21 heavy (non-hydrogen) atoms. The van der Waals surface area contributed by atoms with Gasteiger partial charge < -0.3 is 15.5 Å². The number of carbonyl (C=O) groups is 1.